The summed E-state index contributed by atoms with van der Waals surface area (Å²) >= 11 is 5.42. The summed E-state index contributed by atoms with van der Waals surface area (Å²) < 4.78 is 10.3. The lowest BCUT2D eigenvalue weighted by Crippen LogP contribution is -2.08. The fraction of sp³-hybridized carbons (Fsp3) is 0.125. The minimum absolute atomic E-state index is 0.00556. The second-order valence-electron chi connectivity index (χ2n) is 4.50. The number of esters is 1. The zero-order valence-corrected chi connectivity index (χ0v) is 13.0. The first-order valence-corrected chi connectivity index (χ1v) is 7.28. The molecule has 0 aliphatic heterocycles. The number of nitro groups is 1. The lowest BCUT2D eigenvalue weighted by atomic mass is 10.1. The number of hydrogen-bond donors (Lipinski definition) is 0. The maximum absolute atomic E-state index is 11.6. The first-order chi connectivity index (χ1) is 11.5. The molecule has 0 spiro atoms. The second kappa shape index (κ2) is 7.94. The Bertz CT molecular complexity index is 818. The van der Waals surface area contributed by atoms with Crippen molar-refractivity contribution in [3.8, 4) is 17.4 Å². The molecule has 0 atom stereocenters. The number of carbonyl (C=O) groups is 1. The van der Waals surface area contributed by atoms with Crippen LogP contribution in [0.15, 0.2) is 46.4 Å². The number of nitrogens with zero attached hydrogens (tertiary/aromatic N) is 2. The van der Waals surface area contributed by atoms with E-state index >= 15 is 0 Å². The molecule has 0 N–H and O–H groups in total. The van der Waals surface area contributed by atoms with Gasteiger partial charge in [0.05, 0.1) is 10.8 Å². The Kier molecular flexibility index (Phi) is 5.71. The van der Waals surface area contributed by atoms with Crippen molar-refractivity contribution in [2.24, 2.45) is 0 Å². The molecule has 0 amide bonds. The number of ether oxygens (including phenoxy) is 1. The number of hydrogen-bond acceptors (Lipinski definition) is 6. The van der Waals surface area contributed by atoms with E-state index < -0.39 is 10.9 Å². The second-order valence-corrected chi connectivity index (χ2v) is 4.88. The van der Waals surface area contributed by atoms with Gasteiger partial charge < -0.3 is 9.15 Å². The maximum Gasteiger partial charge on any atom is 0.349 e. The third kappa shape index (κ3) is 4.21. The van der Waals surface area contributed by atoms with Crippen LogP contribution in [-0.2, 0) is 9.53 Å². The van der Waals surface area contributed by atoms with Crippen LogP contribution in [-0.4, -0.2) is 23.4 Å². The molecule has 122 valence electrons. The third-order valence-corrected chi connectivity index (χ3v) is 3.08. The number of alkyl halides is 1. The molecule has 2 rings (SSSR count). The zero-order chi connectivity index (χ0) is 17.5. The highest BCUT2D eigenvalue weighted by molar-refractivity contribution is 6.18. The SMILES string of the molecule is N#CC(=Cc1ccc(-c2ccc([N+](=O)[O-])cc2)o1)C(=O)OCCCl. The van der Waals surface area contributed by atoms with Crippen LogP contribution in [0.25, 0.3) is 17.4 Å². The lowest BCUT2D eigenvalue weighted by Gasteiger charge is -2.00. The molecule has 0 saturated carbocycles. The van der Waals surface area contributed by atoms with Crippen LogP contribution >= 0.6 is 11.6 Å². The highest BCUT2D eigenvalue weighted by Crippen LogP contribution is 2.25. The van der Waals surface area contributed by atoms with Crippen molar-refractivity contribution in [2.45, 2.75) is 0 Å². The standard InChI is InChI=1S/C16H11ClN2O5/c17-7-8-23-16(20)12(10-18)9-14-5-6-15(24-14)11-1-3-13(4-2-11)19(21)22/h1-6,9H,7-8H2. The van der Waals surface area contributed by atoms with E-state index in [4.69, 9.17) is 26.0 Å². The summed E-state index contributed by atoms with van der Waals surface area (Å²) in [5, 5.41) is 19.6. The first kappa shape index (κ1) is 17.2. The summed E-state index contributed by atoms with van der Waals surface area (Å²) in [6, 6.07) is 10.7. The van der Waals surface area contributed by atoms with E-state index in [9.17, 15) is 14.9 Å². The Morgan fingerprint density at radius 3 is 2.62 bits per heavy atom. The van der Waals surface area contributed by atoms with E-state index in [2.05, 4.69) is 0 Å². The molecule has 1 heterocycles. The molecule has 8 heteroatoms. The molecule has 0 fully saturated rings. The highest BCUT2D eigenvalue weighted by Gasteiger charge is 2.13. The highest BCUT2D eigenvalue weighted by atomic mass is 35.5. The van der Waals surface area contributed by atoms with E-state index in [0.29, 0.717) is 11.3 Å². The van der Waals surface area contributed by atoms with Crippen molar-refractivity contribution < 1.29 is 18.9 Å². The number of nitro benzene ring substituents is 1. The molecule has 0 bridgehead atoms. The largest absolute Gasteiger partial charge is 0.460 e. The monoisotopic (exact) mass is 346 g/mol. The molecule has 7 nitrogen and oxygen atoms in total. The van der Waals surface area contributed by atoms with Crippen molar-refractivity contribution in [1.82, 2.24) is 0 Å². The van der Waals surface area contributed by atoms with Gasteiger partial charge in [-0.15, -0.1) is 11.6 Å². The van der Waals surface area contributed by atoms with Crippen LogP contribution in [0.3, 0.4) is 0 Å². The molecule has 0 radical (unpaired) electrons. The van der Waals surface area contributed by atoms with E-state index in [1.54, 1.807) is 30.3 Å². The molecular formula is C16H11ClN2O5. The summed E-state index contributed by atoms with van der Waals surface area (Å²) in [5.74, 6) is 0.0758. The molecule has 1 aromatic heterocycles. The molecular weight excluding hydrogens is 336 g/mol. The van der Waals surface area contributed by atoms with Crippen LogP contribution in [0.2, 0.25) is 0 Å². The van der Waals surface area contributed by atoms with Crippen molar-refractivity contribution >= 4 is 29.3 Å². The van der Waals surface area contributed by atoms with Crippen LogP contribution in [0.1, 0.15) is 5.76 Å². The van der Waals surface area contributed by atoms with Crippen molar-refractivity contribution in [3.05, 3.63) is 57.8 Å². The number of carbonyl (C=O) groups excluding carboxylic acids is 1. The van der Waals surface area contributed by atoms with Gasteiger partial charge in [0.15, 0.2) is 0 Å². The predicted octanol–water partition coefficient (Wildman–Crippen LogP) is 3.54. The van der Waals surface area contributed by atoms with Gasteiger partial charge in [0.2, 0.25) is 0 Å². The van der Waals surface area contributed by atoms with E-state index in [-0.39, 0.29) is 29.5 Å². The topological polar surface area (TPSA) is 106 Å². The van der Waals surface area contributed by atoms with Gasteiger partial charge in [0.25, 0.3) is 5.69 Å². The number of furan rings is 1. The zero-order valence-electron chi connectivity index (χ0n) is 12.3. The minimum Gasteiger partial charge on any atom is -0.460 e. The fourth-order valence-electron chi connectivity index (χ4n) is 1.82. The lowest BCUT2D eigenvalue weighted by molar-refractivity contribution is -0.384. The quantitative estimate of drug-likeness (QED) is 0.198. The molecule has 2 aromatic rings. The first-order valence-electron chi connectivity index (χ1n) is 6.74. The summed E-state index contributed by atoms with van der Waals surface area (Å²) in [6.45, 7) is 0.00556. The smallest absolute Gasteiger partial charge is 0.349 e. The van der Waals surface area contributed by atoms with Crippen LogP contribution < -0.4 is 0 Å². The van der Waals surface area contributed by atoms with Crippen LogP contribution in [0, 0.1) is 21.4 Å². The molecule has 0 saturated heterocycles. The van der Waals surface area contributed by atoms with E-state index in [1.807, 2.05) is 0 Å². The molecule has 0 aliphatic carbocycles. The third-order valence-electron chi connectivity index (χ3n) is 2.93. The number of halogens is 1. The van der Waals surface area contributed by atoms with Gasteiger partial charge in [-0.3, -0.25) is 10.1 Å². The fourth-order valence-corrected chi connectivity index (χ4v) is 1.90. The Balaban J connectivity index is 2.20. The van der Waals surface area contributed by atoms with Gasteiger partial charge in [0.1, 0.15) is 29.8 Å². The Labute approximate surface area is 141 Å². The Morgan fingerprint density at radius 2 is 2.04 bits per heavy atom. The van der Waals surface area contributed by atoms with Gasteiger partial charge in [-0.2, -0.15) is 5.26 Å². The average molecular weight is 347 g/mol. The summed E-state index contributed by atoms with van der Waals surface area (Å²) in [7, 11) is 0. The molecule has 0 aliphatic rings. The van der Waals surface area contributed by atoms with Crippen LogP contribution in [0.4, 0.5) is 5.69 Å². The van der Waals surface area contributed by atoms with E-state index in [1.165, 1.54) is 18.2 Å². The molecule has 0 unspecified atom stereocenters. The Hall–Kier alpha value is -3.11. The summed E-state index contributed by atoms with van der Waals surface area (Å²) in [5.41, 5.74) is 0.382. The number of rotatable bonds is 6. The van der Waals surface area contributed by atoms with Gasteiger partial charge >= 0.3 is 5.97 Å². The average Bonchev–Trinajstić information content (AvgIpc) is 3.06. The van der Waals surface area contributed by atoms with Gasteiger partial charge in [-0.1, -0.05) is 0 Å². The normalized spacial score (nSPS) is 10.9. The van der Waals surface area contributed by atoms with Gasteiger partial charge in [-0.25, -0.2) is 4.79 Å². The summed E-state index contributed by atoms with van der Waals surface area (Å²) in [6.07, 6.45) is 1.26. The number of non-ortho nitro benzene ring substituents is 1. The van der Waals surface area contributed by atoms with E-state index in [0.717, 1.165) is 0 Å². The molecule has 24 heavy (non-hydrogen) atoms. The summed E-state index contributed by atoms with van der Waals surface area (Å²) in [4.78, 5) is 21.8. The molecule has 1 aromatic carbocycles. The van der Waals surface area contributed by atoms with Crippen molar-refractivity contribution in [1.29, 1.82) is 5.26 Å². The minimum atomic E-state index is -0.786. The van der Waals surface area contributed by atoms with Gasteiger partial charge in [0, 0.05) is 23.8 Å². The number of benzene rings is 1. The van der Waals surface area contributed by atoms with Crippen molar-refractivity contribution in [3.63, 3.8) is 0 Å². The van der Waals surface area contributed by atoms with Gasteiger partial charge in [-0.05, 0) is 24.3 Å². The van der Waals surface area contributed by atoms with Crippen LogP contribution in [0.5, 0.6) is 0 Å². The Morgan fingerprint density at radius 1 is 1.33 bits per heavy atom. The maximum atomic E-state index is 11.6. The number of nitriles is 1. The van der Waals surface area contributed by atoms with Crippen molar-refractivity contribution in [2.75, 3.05) is 12.5 Å². The predicted molar refractivity (Wildman–Crippen MR) is 86.1 cm³/mol.